The Morgan fingerprint density at radius 2 is 1.76 bits per heavy atom. The van der Waals surface area contributed by atoms with Crippen molar-refractivity contribution < 1.29 is 13.9 Å². The SMILES string of the molecule is COC(=O)C[C@H]1CCC[C@@H]1[C@@](CN1CCC1)(c1cccc(F)c1)C1CCN(CC2CN(c3ccc(C#N)cc3)C2)CC1. The Balaban J connectivity index is 1.17. The highest BCUT2D eigenvalue weighted by Gasteiger charge is 2.53. The average molecular weight is 573 g/mol. The third-order valence-electron chi connectivity index (χ3n) is 10.9. The number of benzene rings is 2. The molecule has 2 aromatic rings. The Kier molecular flexibility index (Phi) is 8.83. The van der Waals surface area contributed by atoms with Gasteiger partial charge in [0.2, 0.25) is 0 Å². The summed E-state index contributed by atoms with van der Waals surface area (Å²) < 4.78 is 20.0. The first-order valence-corrected chi connectivity index (χ1v) is 16.0. The van der Waals surface area contributed by atoms with Crippen molar-refractivity contribution in [2.24, 2.45) is 23.7 Å². The molecular formula is C35H45FN4O2. The molecule has 6 rings (SSSR count). The van der Waals surface area contributed by atoms with E-state index in [2.05, 4.69) is 39.0 Å². The summed E-state index contributed by atoms with van der Waals surface area (Å²) in [4.78, 5) is 20.1. The van der Waals surface area contributed by atoms with E-state index in [9.17, 15) is 9.18 Å². The molecule has 4 fully saturated rings. The zero-order valence-corrected chi connectivity index (χ0v) is 25.0. The van der Waals surface area contributed by atoms with Gasteiger partial charge in [-0.2, -0.15) is 5.26 Å². The van der Waals surface area contributed by atoms with Crippen LogP contribution in [-0.2, 0) is 14.9 Å². The van der Waals surface area contributed by atoms with Gasteiger partial charge in [-0.3, -0.25) is 4.79 Å². The summed E-state index contributed by atoms with van der Waals surface area (Å²) in [5.41, 5.74) is 2.89. The van der Waals surface area contributed by atoms with Crippen molar-refractivity contribution in [2.75, 3.05) is 64.4 Å². The van der Waals surface area contributed by atoms with Gasteiger partial charge < -0.3 is 19.4 Å². The van der Waals surface area contributed by atoms with Crippen molar-refractivity contribution in [1.29, 1.82) is 5.26 Å². The van der Waals surface area contributed by atoms with Gasteiger partial charge in [0, 0.05) is 49.6 Å². The van der Waals surface area contributed by atoms with Crippen LogP contribution in [0.1, 0.15) is 56.1 Å². The van der Waals surface area contributed by atoms with E-state index in [0.717, 1.165) is 90.0 Å². The molecular weight excluding hydrogens is 527 g/mol. The number of halogens is 1. The number of methoxy groups -OCH3 is 1. The van der Waals surface area contributed by atoms with Crippen LogP contribution in [-0.4, -0.2) is 75.2 Å². The fraction of sp³-hybridized carbons (Fsp3) is 0.600. The molecule has 224 valence electrons. The van der Waals surface area contributed by atoms with Crippen molar-refractivity contribution in [3.63, 3.8) is 0 Å². The van der Waals surface area contributed by atoms with Gasteiger partial charge in [0.05, 0.1) is 18.7 Å². The van der Waals surface area contributed by atoms with Crippen molar-refractivity contribution in [2.45, 2.75) is 50.4 Å². The number of piperidine rings is 1. The second-order valence-electron chi connectivity index (χ2n) is 13.3. The normalized spacial score (nSPS) is 25.3. The molecule has 7 heteroatoms. The highest BCUT2D eigenvalue weighted by molar-refractivity contribution is 5.69. The minimum Gasteiger partial charge on any atom is -0.469 e. The Hall–Kier alpha value is -2.95. The molecule has 3 atom stereocenters. The Bertz CT molecular complexity index is 1260. The van der Waals surface area contributed by atoms with Crippen molar-refractivity contribution in [3.8, 4) is 6.07 Å². The van der Waals surface area contributed by atoms with Crippen LogP contribution in [0.15, 0.2) is 48.5 Å². The molecule has 1 saturated carbocycles. The molecule has 6 nitrogen and oxygen atoms in total. The van der Waals surface area contributed by atoms with Gasteiger partial charge >= 0.3 is 5.97 Å². The molecule has 0 unspecified atom stereocenters. The van der Waals surface area contributed by atoms with E-state index in [1.807, 2.05) is 24.3 Å². The second-order valence-corrected chi connectivity index (χ2v) is 13.3. The standard InChI is InChI=1S/C35H45FN4O2/c1-42-34(41)19-28-5-2-8-33(28)35(25-39-15-4-16-39,30-6-3-7-31(36)20-30)29-13-17-38(18-14-29)22-27-23-40(24-27)32-11-9-26(21-37)10-12-32/h3,6-7,9-12,20,27-29,33H,2,4-5,8,13-19,22-25H2,1H3/t28-,33+,35-/m1/s1. The van der Waals surface area contributed by atoms with Crippen molar-refractivity contribution in [1.82, 2.24) is 9.80 Å². The van der Waals surface area contributed by atoms with Gasteiger partial charge in [0.15, 0.2) is 0 Å². The first-order chi connectivity index (χ1) is 20.5. The topological polar surface area (TPSA) is 59.8 Å². The highest BCUT2D eigenvalue weighted by Crippen LogP contribution is 2.54. The number of carbonyl (C=O) groups is 1. The second kappa shape index (κ2) is 12.7. The highest BCUT2D eigenvalue weighted by atomic mass is 19.1. The van der Waals surface area contributed by atoms with Crippen LogP contribution in [0.25, 0.3) is 0 Å². The summed E-state index contributed by atoms with van der Waals surface area (Å²) in [5.74, 6) is 1.47. The maximum atomic E-state index is 14.9. The van der Waals surface area contributed by atoms with E-state index in [4.69, 9.17) is 10.00 Å². The molecule has 4 aliphatic rings. The van der Waals surface area contributed by atoms with Crippen LogP contribution >= 0.6 is 0 Å². The third-order valence-corrected chi connectivity index (χ3v) is 10.9. The van der Waals surface area contributed by atoms with Gasteiger partial charge in [0.1, 0.15) is 5.82 Å². The number of hydrogen-bond donors (Lipinski definition) is 0. The number of ether oxygens (including phenoxy) is 1. The molecule has 0 N–H and O–H groups in total. The molecule has 42 heavy (non-hydrogen) atoms. The number of rotatable bonds is 10. The molecule has 0 amide bonds. The summed E-state index contributed by atoms with van der Waals surface area (Å²) in [6.07, 6.45) is 7.19. The molecule has 0 radical (unpaired) electrons. The minimum atomic E-state index is -0.160. The zero-order valence-electron chi connectivity index (χ0n) is 25.0. The summed E-state index contributed by atoms with van der Waals surface area (Å²) in [6, 6.07) is 17.6. The number of anilines is 1. The predicted molar refractivity (Wildman–Crippen MR) is 163 cm³/mol. The lowest BCUT2D eigenvalue weighted by Crippen LogP contribution is -2.58. The fourth-order valence-electron chi connectivity index (χ4n) is 8.67. The molecule has 3 saturated heterocycles. The zero-order chi connectivity index (χ0) is 29.1. The molecule has 0 spiro atoms. The maximum absolute atomic E-state index is 14.9. The number of nitrogens with zero attached hydrogens (tertiary/aromatic N) is 4. The Morgan fingerprint density at radius 3 is 2.40 bits per heavy atom. The molecule has 0 bridgehead atoms. The van der Waals surface area contributed by atoms with Gasteiger partial charge in [-0.1, -0.05) is 18.6 Å². The quantitative estimate of drug-likeness (QED) is 0.352. The molecule has 3 heterocycles. The largest absolute Gasteiger partial charge is 0.469 e. The Labute approximate surface area is 250 Å². The Morgan fingerprint density at radius 1 is 1.00 bits per heavy atom. The van der Waals surface area contributed by atoms with Crippen LogP contribution in [0.5, 0.6) is 0 Å². The lowest BCUT2D eigenvalue weighted by Gasteiger charge is -2.54. The van der Waals surface area contributed by atoms with Gasteiger partial charge in [0.25, 0.3) is 0 Å². The summed E-state index contributed by atoms with van der Waals surface area (Å²) in [5, 5.41) is 9.08. The monoisotopic (exact) mass is 572 g/mol. The average Bonchev–Trinajstić information content (AvgIpc) is 3.43. The van der Waals surface area contributed by atoms with Crippen LogP contribution in [0.4, 0.5) is 10.1 Å². The molecule has 2 aromatic carbocycles. The lowest BCUT2D eigenvalue weighted by molar-refractivity contribution is -0.142. The number of esters is 1. The van der Waals surface area contributed by atoms with Crippen molar-refractivity contribution in [3.05, 3.63) is 65.5 Å². The lowest BCUT2D eigenvalue weighted by atomic mass is 9.56. The van der Waals surface area contributed by atoms with Crippen LogP contribution in [0.2, 0.25) is 0 Å². The first-order valence-electron chi connectivity index (χ1n) is 16.0. The summed E-state index contributed by atoms with van der Waals surface area (Å²) in [7, 11) is 1.49. The van der Waals surface area contributed by atoms with Crippen molar-refractivity contribution >= 4 is 11.7 Å². The number of nitriles is 1. The molecule has 0 aromatic heterocycles. The number of hydrogen-bond acceptors (Lipinski definition) is 6. The van der Waals surface area contributed by atoms with E-state index >= 15 is 0 Å². The van der Waals surface area contributed by atoms with E-state index < -0.39 is 0 Å². The van der Waals surface area contributed by atoms with Crippen LogP contribution in [0.3, 0.4) is 0 Å². The fourth-order valence-corrected chi connectivity index (χ4v) is 8.67. The van der Waals surface area contributed by atoms with E-state index in [1.165, 1.54) is 19.2 Å². The first kappa shape index (κ1) is 29.1. The number of carbonyl (C=O) groups excluding carboxylic acids is 1. The van der Waals surface area contributed by atoms with E-state index in [1.54, 1.807) is 6.07 Å². The third kappa shape index (κ3) is 5.94. The van der Waals surface area contributed by atoms with Gasteiger partial charge in [-0.05, 0) is 118 Å². The minimum absolute atomic E-state index is 0.116. The maximum Gasteiger partial charge on any atom is 0.305 e. The molecule has 1 aliphatic carbocycles. The predicted octanol–water partition coefficient (Wildman–Crippen LogP) is 5.47. The van der Waals surface area contributed by atoms with Crippen LogP contribution < -0.4 is 4.90 Å². The molecule has 3 aliphatic heterocycles. The summed E-state index contributed by atoms with van der Waals surface area (Å²) >= 11 is 0. The number of likely N-dealkylation sites (tertiary alicyclic amines) is 2. The summed E-state index contributed by atoms with van der Waals surface area (Å²) in [6.45, 7) is 8.58. The van der Waals surface area contributed by atoms with Gasteiger partial charge in [-0.25, -0.2) is 4.39 Å². The van der Waals surface area contributed by atoms with E-state index in [0.29, 0.717) is 29.7 Å². The van der Waals surface area contributed by atoms with E-state index in [-0.39, 0.29) is 23.1 Å². The van der Waals surface area contributed by atoms with Gasteiger partial charge in [-0.15, -0.1) is 0 Å². The van der Waals surface area contributed by atoms with Crippen LogP contribution in [0, 0.1) is 40.8 Å². The smallest absolute Gasteiger partial charge is 0.305 e.